The van der Waals surface area contributed by atoms with E-state index in [1.165, 1.54) is 6.20 Å². The van der Waals surface area contributed by atoms with E-state index in [9.17, 15) is 5.21 Å². The molecule has 2 nitrogen and oxygen atoms in total. The van der Waals surface area contributed by atoms with Crippen molar-refractivity contribution in [1.29, 1.82) is 0 Å². The second-order valence-corrected chi connectivity index (χ2v) is 3.94. The minimum atomic E-state index is 0.703. The first kappa shape index (κ1) is 9.85. The van der Waals surface area contributed by atoms with Gasteiger partial charge in [-0.1, -0.05) is 42.5 Å². The molecular weight excluding hydrogens is 210 g/mol. The third kappa shape index (κ3) is 1.64. The zero-order valence-electron chi connectivity index (χ0n) is 9.21. The van der Waals surface area contributed by atoms with Crippen molar-refractivity contribution in [2.45, 2.75) is 0 Å². The molecule has 3 rings (SSSR count). The molecule has 0 atom stereocenters. The second kappa shape index (κ2) is 3.91. The molecule has 17 heavy (non-hydrogen) atoms. The molecule has 0 spiro atoms. The van der Waals surface area contributed by atoms with Crippen molar-refractivity contribution in [3.8, 4) is 11.1 Å². The Hall–Kier alpha value is -2.35. The molecule has 0 aliphatic carbocycles. The average Bonchev–Trinajstić information content (AvgIpc) is 2.40. The lowest BCUT2D eigenvalue weighted by atomic mass is 10.0. The smallest absolute Gasteiger partial charge is 0.224 e. The summed E-state index contributed by atoms with van der Waals surface area (Å²) in [5.41, 5.74) is 2.92. The molecule has 2 heteroatoms. The largest absolute Gasteiger partial charge is 0.618 e. The lowest BCUT2D eigenvalue weighted by Crippen LogP contribution is -2.25. The van der Waals surface area contributed by atoms with Crippen LogP contribution in [0, 0.1) is 5.21 Å². The Morgan fingerprint density at radius 2 is 1.59 bits per heavy atom. The molecule has 82 valence electrons. The van der Waals surface area contributed by atoms with Gasteiger partial charge in [0.05, 0.1) is 5.39 Å². The molecule has 0 fully saturated rings. The van der Waals surface area contributed by atoms with Crippen molar-refractivity contribution in [3.05, 3.63) is 72.1 Å². The molecule has 0 saturated heterocycles. The van der Waals surface area contributed by atoms with Gasteiger partial charge in [-0.05, 0) is 17.2 Å². The molecule has 1 heterocycles. The number of hydrogen-bond acceptors (Lipinski definition) is 1. The molecule has 0 aliphatic heterocycles. The van der Waals surface area contributed by atoms with E-state index < -0.39 is 0 Å². The van der Waals surface area contributed by atoms with Crippen LogP contribution in [0.2, 0.25) is 0 Å². The first-order chi connectivity index (χ1) is 8.36. The van der Waals surface area contributed by atoms with Crippen molar-refractivity contribution in [2.24, 2.45) is 0 Å². The summed E-state index contributed by atoms with van der Waals surface area (Å²) in [6, 6.07) is 19.7. The molecule has 3 aromatic rings. The van der Waals surface area contributed by atoms with Crippen LogP contribution in [0.4, 0.5) is 0 Å². The summed E-state index contributed by atoms with van der Waals surface area (Å²) < 4.78 is 0.905. The monoisotopic (exact) mass is 221 g/mol. The quantitative estimate of drug-likeness (QED) is 0.458. The van der Waals surface area contributed by atoms with Crippen LogP contribution in [0.25, 0.3) is 22.0 Å². The van der Waals surface area contributed by atoms with Crippen molar-refractivity contribution in [2.75, 3.05) is 0 Å². The SMILES string of the molecule is [O-][n+]1cccc2c(-c3ccccc3)cccc21. The van der Waals surface area contributed by atoms with Crippen LogP contribution >= 0.6 is 0 Å². The van der Waals surface area contributed by atoms with Gasteiger partial charge in [-0.15, -0.1) is 0 Å². The number of nitrogens with zero attached hydrogens (tertiary/aromatic N) is 1. The summed E-state index contributed by atoms with van der Waals surface area (Å²) in [6.07, 6.45) is 1.52. The van der Waals surface area contributed by atoms with E-state index in [1.54, 1.807) is 6.07 Å². The van der Waals surface area contributed by atoms with Gasteiger partial charge in [0, 0.05) is 12.1 Å². The summed E-state index contributed by atoms with van der Waals surface area (Å²) in [5.74, 6) is 0. The highest BCUT2D eigenvalue weighted by Crippen LogP contribution is 2.26. The molecule has 0 aliphatic rings. The molecule has 2 aromatic carbocycles. The molecule has 0 amide bonds. The predicted octanol–water partition coefficient (Wildman–Crippen LogP) is 3.14. The minimum absolute atomic E-state index is 0.703. The van der Waals surface area contributed by atoms with Crippen molar-refractivity contribution < 1.29 is 4.73 Å². The van der Waals surface area contributed by atoms with E-state index in [0.29, 0.717) is 5.52 Å². The maximum absolute atomic E-state index is 11.7. The summed E-state index contributed by atoms with van der Waals surface area (Å²) in [4.78, 5) is 0. The third-order valence-corrected chi connectivity index (χ3v) is 2.89. The topological polar surface area (TPSA) is 26.9 Å². The summed E-state index contributed by atoms with van der Waals surface area (Å²) in [7, 11) is 0. The standard InChI is InChI=1S/C15H11NO/c17-16-11-5-9-14-13(8-4-10-15(14)16)12-6-2-1-3-7-12/h1-11H. The Bertz CT molecular complexity index is 662. The summed E-state index contributed by atoms with van der Waals surface area (Å²) in [5, 5.41) is 12.7. The van der Waals surface area contributed by atoms with Gasteiger partial charge in [-0.3, -0.25) is 0 Å². The zero-order chi connectivity index (χ0) is 11.7. The Balaban J connectivity index is 2.35. The molecule has 1 aromatic heterocycles. The number of hydrogen-bond donors (Lipinski definition) is 0. The highest BCUT2D eigenvalue weighted by Gasteiger charge is 2.07. The Labute approximate surface area is 99.3 Å². The van der Waals surface area contributed by atoms with Crippen LogP contribution in [-0.2, 0) is 0 Å². The van der Waals surface area contributed by atoms with Gasteiger partial charge in [-0.25, -0.2) is 0 Å². The van der Waals surface area contributed by atoms with Gasteiger partial charge in [0.15, 0.2) is 6.20 Å². The third-order valence-electron chi connectivity index (χ3n) is 2.89. The van der Waals surface area contributed by atoms with Gasteiger partial charge in [0.1, 0.15) is 0 Å². The lowest BCUT2D eigenvalue weighted by molar-refractivity contribution is -0.577. The van der Waals surface area contributed by atoms with Crippen LogP contribution in [0.15, 0.2) is 66.9 Å². The molecule has 0 bridgehead atoms. The molecule has 0 radical (unpaired) electrons. The second-order valence-electron chi connectivity index (χ2n) is 3.94. The maximum atomic E-state index is 11.7. The average molecular weight is 221 g/mol. The summed E-state index contributed by atoms with van der Waals surface area (Å²) in [6.45, 7) is 0. The van der Waals surface area contributed by atoms with E-state index in [-0.39, 0.29) is 0 Å². The van der Waals surface area contributed by atoms with E-state index in [2.05, 4.69) is 12.1 Å². The van der Waals surface area contributed by atoms with Crippen molar-refractivity contribution in [3.63, 3.8) is 0 Å². The fourth-order valence-corrected chi connectivity index (χ4v) is 2.09. The Morgan fingerprint density at radius 1 is 0.765 bits per heavy atom. The Morgan fingerprint density at radius 3 is 2.41 bits per heavy atom. The molecule has 0 unspecified atom stereocenters. The molecule has 0 saturated carbocycles. The molecule has 0 N–H and O–H groups in total. The van der Waals surface area contributed by atoms with Crippen LogP contribution in [0.1, 0.15) is 0 Å². The highest BCUT2D eigenvalue weighted by atomic mass is 16.5. The van der Waals surface area contributed by atoms with E-state index in [0.717, 1.165) is 21.2 Å². The van der Waals surface area contributed by atoms with Crippen LogP contribution in [-0.4, -0.2) is 0 Å². The maximum Gasteiger partial charge on any atom is 0.224 e. The first-order valence-corrected chi connectivity index (χ1v) is 5.52. The van der Waals surface area contributed by atoms with Crippen molar-refractivity contribution in [1.82, 2.24) is 0 Å². The lowest BCUT2D eigenvalue weighted by Gasteiger charge is -2.06. The normalized spacial score (nSPS) is 10.6. The minimum Gasteiger partial charge on any atom is -0.618 e. The predicted molar refractivity (Wildman–Crippen MR) is 68.3 cm³/mol. The number of rotatable bonds is 1. The number of benzene rings is 2. The van der Waals surface area contributed by atoms with E-state index in [4.69, 9.17) is 0 Å². The zero-order valence-corrected chi connectivity index (χ0v) is 9.21. The first-order valence-electron chi connectivity index (χ1n) is 5.52. The highest BCUT2D eigenvalue weighted by molar-refractivity contribution is 5.92. The number of pyridine rings is 1. The van der Waals surface area contributed by atoms with Crippen LogP contribution in [0.3, 0.4) is 0 Å². The van der Waals surface area contributed by atoms with Gasteiger partial charge in [-0.2, -0.15) is 4.73 Å². The van der Waals surface area contributed by atoms with Gasteiger partial charge >= 0.3 is 0 Å². The van der Waals surface area contributed by atoms with E-state index >= 15 is 0 Å². The van der Waals surface area contributed by atoms with Crippen molar-refractivity contribution >= 4 is 10.9 Å². The van der Waals surface area contributed by atoms with Gasteiger partial charge in [0.2, 0.25) is 5.52 Å². The van der Waals surface area contributed by atoms with Gasteiger partial charge in [0.25, 0.3) is 0 Å². The van der Waals surface area contributed by atoms with E-state index in [1.807, 2.05) is 42.5 Å². The fraction of sp³-hybridized carbons (Fsp3) is 0. The Kier molecular flexibility index (Phi) is 2.26. The number of fused-ring (bicyclic) bond motifs is 1. The van der Waals surface area contributed by atoms with Crippen LogP contribution in [0.5, 0.6) is 0 Å². The molecular formula is C15H11NO. The number of aromatic nitrogens is 1. The van der Waals surface area contributed by atoms with Gasteiger partial charge < -0.3 is 5.21 Å². The van der Waals surface area contributed by atoms with Crippen LogP contribution < -0.4 is 4.73 Å². The fourth-order valence-electron chi connectivity index (χ4n) is 2.09. The summed E-state index contributed by atoms with van der Waals surface area (Å²) >= 11 is 0.